The molecule has 0 bridgehead atoms. The number of hydrogen-bond donors (Lipinski definition) is 4. The second-order valence-electron chi connectivity index (χ2n) is 4.17. The third kappa shape index (κ3) is 3.68. The molecule has 7 nitrogen and oxygen atoms in total. The first-order valence-corrected chi connectivity index (χ1v) is 6.55. The Morgan fingerprint density at radius 3 is 2.84 bits per heavy atom. The SMILES string of the molecule is O=C(NCc1csc(=O)[nH]1)NC1C=CC(C(=O)O)C1. The molecule has 1 aliphatic rings. The Labute approximate surface area is 112 Å². The van der Waals surface area contributed by atoms with Crippen molar-refractivity contribution >= 4 is 23.3 Å². The van der Waals surface area contributed by atoms with Crippen molar-refractivity contribution in [1.82, 2.24) is 15.6 Å². The molecule has 2 atom stereocenters. The number of carbonyl (C=O) groups is 2. The van der Waals surface area contributed by atoms with Crippen LogP contribution in [0.5, 0.6) is 0 Å². The maximum absolute atomic E-state index is 11.6. The fourth-order valence-electron chi connectivity index (χ4n) is 1.78. The molecule has 4 N–H and O–H groups in total. The van der Waals surface area contributed by atoms with E-state index in [1.54, 1.807) is 17.5 Å². The van der Waals surface area contributed by atoms with Gasteiger partial charge in [-0.3, -0.25) is 9.59 Å². The third-order valence-corrected chi connectivity index (χ3v) is 3.45. The predicted molar refractivity (Wildman–Crippen MR) is 69.0 cm³/mol. The van der Waals surface area contributed by atoms with Crippen LogP contribution in [0.4, 0.5) is 4.79 Å². The van der Waals surface area contributed by atoms with Gasteiger partial charge in [0.05, 0.1) is 18.5 Å². The molecular weight excluding hydrogens is 270 g/mol. The molecule has 2 amide bonds. The summed E-state index contributed by atoms with van der Waals surface area (Å²) < 4.78 is 0. The Hall–Kier alpha value is -2.09. The third-order valence-electron chi connectivity index (χ3n) is 2.73. The highest BCUT2D eigenvalue weighted by molar-refractivity contribution is 7.07. The first-order chi connectivity index (χ1) is 9.04. The molecule has 2 rings (SSSR count). The van der Waals surface area contributed by atoms with Crippen LogP contribution in [0.2, 0.25) is 0 Å². The molecule has 19 heavy (non-hydrogen) atoms. The first-order valence-electron chi connectivity index (χ1n) is 5.67. The van der Waals surface area contributed by atoms with Crippen molar-refractivity contribution in [1.29, 1.82) is 0 Å². The molecule has 0 radical (unpaired) electrons. The summed E-state index contributed by atoms with van der Waals surface area (Å²) in [6, 6.07) is -0.671. The van der Waals surface area contributed by atoms with Gasteiger partial charge in [-0.15, -0.1) is 0 Å². The lowest BCUT2D eigenvalue weighted by Crippen LogP contribution is -2.40. The lowest BCUT2D eigenvalue weighted by atomic mass is 10.1. The first kappa shape index (κ1) is 13.3. The smallest absolute Gasteiger partial charge is 0.315 e. The number of carboxylic acid groups (broad SMARTS) is 1. The van der Waals surface area contributed by atoms with Gasteiger partial charge >= 0.3 is 16.9 Å². The van der Waals surface area contributed by atoms with Crippen LogP contribution >= 0.6 is 11.3 Å². The number of amides is 2. The van der Waals surface area contributed by atoms with E-state index in [0.29, 0.717) is 12.1 Å². The van der Waals surface area contributed by atoms with E-state index in [1.165, 1.54) is 0 Å². The highest BCUT2D eigenvalue weighted by atomic mass is 32.1. The number of rotatable bonds is 4. The zero-order valence-corrected chi connectivity index (χ0v) is 10.7. The Morgan fingerprint density at radius 2 is 2.26 bits per heavy atom. The standard InChI is InChI=1S/C11H13N3O4S/c15-9(16)6-1-2-7(3-6)13-10(17)12-4-8-5-19-11(18)14-8/h1-2,5-7H,3-4H2,(H,14,18)(H,15,16)(H2,12,13,17). The minimum atomic E-state index is -0.892. The Balaban J connectivity index is 1.75. The van der Waals surface area contributed by atoms with E-state index in [0.717, 1.165) is 11.3 Å². The van der Waals surface area contributed by atoms with Crippen molar-refractivity contribution in [2.75, 3.05) is 0 Å². The molecule has 8 heteroatoms. The Kier molecular flexibility index (Phi) is 4.00. The Morgan fingerprint density at radius 1 is 1.47 bits per heavy atom. The summed E-state index contributed by atoms with van der Waals surface area (Å²) in [5.74, 6) is -1.43. The van der Waals surface area contributed by atoms with Crippen LogP contribution in [0.1, 0.15) is 12.1 Å². The van der Waals surface area contributed by atoms with Crippen LogP contribution in [-0.2, 0) is 11.3 Å². The van der Waals surface area contributed by atoms with Gasteiger partial charge in [-0.2, -0.15) is 0 Å². The van der Waals surface area contributed by atoms with E-state index >= 15 is 0 Å². The summed E-state index contributed by atoms with van der Waals surface area (Å²) in [4.78, 5) is 35.6. The quantitative estimate of drug-likeness (QED) is 0.594. The molecule has 1 aromatic heterocycles. The number of aromatic nitrogens is 1. The lowest BCUT2D eigenvalue weighted by molar-refractivity contribution is -0.140. The molecule has 1 aliphatic carbocycles. The Bertz CT molecular complexity index is 562. The molecule has 102 valence electrons. The molecule has 1 aromatic rings. The zero-order chi connectivity index (χ0) is 13.8. The number of H-pyrrole nitrogens is 1. The zero-order valence-electron chi connectivity index (χ0n) is 9.88. The molecular formula is C11H13N3O4S. The molecule has 0 spiro atoms. The minimum absolute atomic E-state index is 0.166. The highest BCUT2D eigenvalue weighted by Gasteiger charge is 2.25. The van der Waals surface area contributed by atoms with E-state index in [2.05, 4.69) is 15.6 Å². The van der Waals surface area contributed by atoms with Crippen LogP contribution in [0.25, 0.3) is 0 Å². The molecule has 1 heterocycles. The van der Waals surface area contributed by atoms with Crippen molar-refractivity contribution in [2.45, 2.75) is 19.0 Å². The van der Waals surface area contributed by atoms with Crippen LogP contribution in [-0.4, -0.2) is 28.1 Å². The largest absolute Gasteiger partial charge is 0.481 e. The van der Waals surface area contributed by atoms with Gasteiger partial charge in [-0.25, -0.2) is 4.79 Å². The predicted octanol–water partition coefficient (Wildman–Crippen LogP) is 0.265. The van der Waals surface area contributed by atoms with Crippen molar-refractivity contribution in [3.63, 3.8) is 0 Å². The number of carboxylic acids is 1. The number of aliphatic carboxylic acids is 1. The number of carbonyl (C=O) groups excluding carboxylic acids is 1. The monoisotopic (exact) mass is 283 g/mol. The number of hydrogen-bond acceptors (Lipinski definition) is 4. The molecule has 0 fully saturated rings. The van der Waals surface area contributed by atoms with Gasteiger partial charge in [0.25, 0.3) is 0 Å². The van der Waals surface area contributed by atoms with Gasteiger partial charge in [0.15, 0.2) is 0 Å². The highest BCUT2D eigenvalue weighted by Crippen LogP contribution is 2.17. The summed E-state index contributed by atoms with van der Waals surface area (Å²) in [5, 5.41) is 15.7. The van der Waals surface area contributed by atoms with E-state index in [4.69, 9.17) is 5.11 Å². The van der Waals surface area contributed by atoms with Gasteiger partial charge in [-0.05, 0) is 6.42 Å². The van der Waals surface area contributed by atoms with Crippen LogP contribution in [0.15, 0.2) is 22.3 Å². The summed E-state index contributed by atoms with van der Waals surface area (Å²) in [6.45, 7) is 0.226. The van der Waals surface area contributed by atoms with Gasteiger partial charge in [0.2, 0.25) is 0 Å². The topological polar surface area (TPSA) is 111 Å². The second-order valence-corrected chi connectivity index (χ2v) is 5.01. The van der Waals surface area contributed by atoms with Crippen molar-refractivity contribution in [3.05, 3.63) is 32.9 Å². The summed E-state index contributed by atoms with van der Waals surface area (Å²) >= 11 is 1.03. The number of nitrogens with one attached hydrogen (secondary N) is 3. The second kappa shape index (κ2) is 5.70. The average molecular weight is 283 g/mol. The van der Waals surface area contributed by atoms with Crippen LogP contribution in [0, 0.1) is 5.92 Å². The molecule has 0 aromatic carbocycles. The van der Waals surface area contributed by atoms with Gasteiger partial charge in [0, 0.05) is 11.1 Å². The molecule has 2 unspecified atom stereocenters. The number of thiazole rings is 1. The number of aromatic amines is 1. The van der Waals surface area contributed by atoms with E-state index < -0.39 is 17.9 Å². The van der Waals surface area contributed by atoms with Crippen LogP contribution in [0.3, 0.4) is 0 Å². The molecule has 0 aliphatic heterocycles. The van der Waals surface area contributed by atoms with Crippen molar-refractivity contribution in [2.24, 2.45) is 5.92 Å². The molecule has 0 saturated carbocycles. The fraction of sp³-hybridized carbons (Fsp3) is 0.364. The van der Waals surface area contributed by atoms with Crippen molar-refractivity contribution in [3.8, 4) is 0 Å². The van der Waals surface area contributed by atoms with Crippen LogP contribution < -0.4 is 15.5 Å². The average Bonchev–Trinajstić information content (AvgIpc) is 2.96. The maximum atomic E-state index is 11.6. The lowest BCUT2D eigenvalue weighted by Gasteiger charge is -2.12. The van der Waals surface area contributed by atoms with E-state index in [9.17, 15) is 14.4 Å². The maximum Gasteiger partial charge on any atom is 0.315 e. The summed E-state index contributed by atoms with van der Waals surface area (Å²) in [5.41, 5.74) is 0.635. The van der Waals surface area contributed by atoms with Crippen molar-refractivity contribution < 1.29 is 14.7 Å². The molecule has 0 saturated heterocycles. The number of urea groups is 1. The van der Waals surface area contributed by atoms with E-state index in [1.807, 2.05) is 0 Å². The minimum Gasteiger partial charge on any atom is -0.481 e. The van der Waals surface area contributed by atoms with Gasteiger partial charge in [0.1, 0.15) is 0 Å². The normalized spacial score (nSPS) is 21.3. The fourth-order valence-corrected chi connectivity index (χ4v) is 2.37. The van der Waals surface area contributed by atoms with E-state index in [-0.39, 0.29) is 17.5 Å². The summed E-state index contributed by atoms with van der Waals surface area (Å²) in [6.07, 6.45) is 3.60. The summed E-state index contributed by atoms with van der Waals surface area (Å²) in [7, 11) is 0. The van der Waals surface area contributed by atoms with Gasteiger partial charge in [-0.1, -0.05) is 23.5 Å². The van der Waals surface area contributed by atoms with Gasteiger partial charge < -0.3 is 20.7 Å².